The van der Waals surface area contributed by atoms with E-state index in [1.54, 1.807) is 0 Å². The Labute approximate surface area is 61.9 Å². The van der Waals surface area contributed by atoms with E-state index < -0.39 is 0 Å². The van der Waals surface area contributed by atoms with Gasteiger partial charge in [0.15, 0.2) is 0 Å². The fourth-order valence-electron chi connectivity index (χ4n) is 1.17. The summed E-state index contributed by atoms with van der Waals surface area (Å²) in [5.41, 5.74) is 0. The van der Waals surface area contributed by atoms with Gasteiger partial charge in [-0.3, -0.25) is 4.31 Å². The molecule has 2 heteroatoms. The van der Waals surface area contributed by atoms with Crippen LogP contribution in [-0.4, -0.2) is 23.7 Å². The minimum absolute atomic E-state index is 0.966. The molecule has 0 bridgehead atoms. The molecule has 0 amide bonds. The quantitative estimate of drug-likeness (QED) is 0.519. The van der Waals surface area contributed by atoms with E-state index >= 15 is 0 Å². The molecular weight excluding hydrogens is 130 g/mol. The Balaban J connectivity index is 2.18. The molecule has 54 valence electrons. The fourth-order valence-corrected chi connectivity index (χ4v) is 1.74. The van der Waals surface area contributed by atoms with Crippen LogP contribution in [0.4, 0.5) is 0 Å². The topological polar surface area (TPSA) is 3.24 Å². The van der Waals surface area contributed by atoms with Gasteiger partial charge in [-0.25, -0.2) is 0 Å². The molecule has 1 nitrogen and oxygen atoms in total. The van der Waals surface area contributed by atoms with Gasteiger partial charge in [0.2, 0.25) is 0 Å². The van der Waals surface area contributed by atoms with E-state index in [1.807, 2.05) is 11.9 Å². The molecule has 0 aromatic rings. The number of rotatable bonds is 1. The predicted molar refractivity (Wildman–Crippen MR) is 43.5 cm³/mol. The smallest absolute Gasteiger partial charge is 0.00917 e. The van der Waals surface area contributed by atoms with Gasteiger partial charge in [-0.1, -0.05) is 18.9 Å². The first kappa shape index (κ1) is 7.42. The third-order valence-electron chi connectivity index (χ3n) is 2.00. The van der Waals surface area contributed by atoms with Gasteiger partial charge in [-0.2, -0.15) is 0 Å². The Hall–Kier alpha value is 0.310. The second kappa shape index (κ2) is 3.47. The highest BCUT2D eigenvalue weighted by molar-refractivity contribution is 7.96. The van der Waals surface area contributed by atoms with Gasteiger partial charge < -0.3 is 0 Å². The Morgan fingerprint density at radius 3 is 2.33 bits per heavy atom. The Kier molecular flexibility index (Phi) is 2.86. The zero-order chi connectivity index (χ0) is 6.69. The zero-order valence-corrected chi connectivity index (χ0v) is 7.08. The Morgan fingerprint density at radius 2 is 1.89 bits per heavy atom. The van der Waals surface area contributed by atoms with E-state index in [2.05, 4.69) is 17.5 Å². The maximum absolute atomic E-state index is 2.44. The molecule has 0 aromatic heterocycles. The minimum atomic E-state index is 0.966. The number of hydrogen-bond donors (Lipinski definition) is 0. The predicted octanol–water partition coefficient (Wildman–Crippen LogP) is 2.00. The van der Waals surface area contributed by atoms with Crippen molar-refractivity contribution < 1.29 is 0 Å². The molecule has 0 aromatic carbocycles. The van der Waals surface area contributed by atoms with E-state index in [9.17, 15) is 0 Å². The first-order valence-corrected chi connectivity index (χ1v) is 4.80. The van der Waals surface area contributed by atoms with Gasteiger partial charge >= 0.3 is 0 Å². The molecular formula is C7H15NS. The Morgan fingerprint density at radius 1 is 1.33 bits per heavy atom. The molecule has 1 aliphatic rings. The van der Waals surface area contributed by atoms with Crippen molar-refractivity contribution in [2.45, 2.75) is 19.8 Å². The summed E-state index contributed by atoms with van der Waals surface area (Å²) in [5.74, 6) is 0.966. The number of nitrogens with zero attached hydrogens (tertiary/aromatic N) is 1. The summed E-state index contributed by atoms with van der Waals surface area (Å²) in [7, 11) is 0. The van der Waals surface area contributed by atoms with Crippen molar-refractivity contribution in [3.8, 4) is 0 Å². The summed E-state index contributed by atoms with van der Waals surface area (Å²) in [6.45, 7) is 4.93. The number of hydrogen-bond acceptors (Lipinski definition) is 2. The molecule has 0 aliphatic carbocycles. The van der Waals surface area contributed by atoms with Crippen LogP contribution in [0.3, 0.4) is 0 Å². The van der Waals surface area contributed by atoms with Gasteiger partial charge in [0.1, 0.15) is 0 Å². The van der Waals surface area contributed by atoms with Crippen LogP contribution in [0.15, 0.2) is 0 Å². The summed E-state index contributed by atoms with van der Waals surface area (Å²) in [6, 6.07) is 0. The summed E-state index contributed by atoms with van der Waals surface area (Å²) in [5, 5.41) is 0. The molecule has 0 atom stereocenters. The molecule has 1 aliphatic heterocycles. The highest BCUT2D eigenvalue weighted by Gasteiger charge is 2.13. The highest BCUT2D eigenvalue weighted by Crippen LogP contribution is 2.19. The third-order valence-corrected chi connectivity index (χ3v) is 2.88. The first-order chi connectivity index (χ1) is 4.33. The van der Waals surface area contributed by atoms with Crippen molar-refractivity contribution >= 4 is 11.9 Å². The van der Waals surface area contributed by atoms with Crippen molar-refractivity contribution in [3.63, 3.8) is 0 Å². The summed E-state index contributed by atoms with van der Waals surface area (Å²) in [4.78, 5) is 0. The Bertz CT molecular complexity index is 77.0. The van der Waals surface area contributed by atoms with E-state index in [4.69, 9.17) is 0 Å². The molecule has 0 N–H and O–H groups in total. The van der Waals surface area contributed by atoms with E-state index in [0.29, 0.717) is 0 Å². The molecule has 1 fully saturated rings. The van der Waals surface area contributed by atoms with Gasteiger partial charge in [0.05, 0.1) is 0 Å². The maximum Gasteiger partial charge on any atom is 0.00917 e. The molecule has 0 radical (unpaired) electrons. The average Bonchev–Trinajstić information content (AvgIpc) is 1.90. The van der Waals surface area contributed by atoms with Gasteiger partial charge in [-0.05, 0) is 25.0 Å². The largest absolute Gasteiger partial charge is 0.251 e. The summed E-state index contributed by atoms with van der Waals surface area (Å²) >= 11 is 1.88. The molecule has 1 heterocycles. The molecule has 1 rings (SSSR count). The van der Waals surface area contributed by atoms with Crippen molar-refractivity contribution in [2.24, 2.45) is 5.92 Å². The lowest BCUT2D eigenvalue weighted by Gasteiger charge is -2.27. The molecule has 0 spiro atoms. The lowest BCUT2D eigenvalue weighted by molar-refractivity contribution is 0.309. The van der Waals surface area contributed by atoms with E-state index in [0.717, 1.165) is 5.92 Å². The van der Waals surface area contributed by atoms with Crippen LogP contribution in [0.2, 0.25) is 0 Å². The average molecular weight is 145 g/mol. The SMILES string of the molecule is CSN1CCC(C)CC1. The minimum Gasteiger partial charge on any atom is -0.251 e. The van der Waals surface area contributed by atoms with Crippen molar-refractivity contribution in [1.29, 1.82) is 0 Å². The van der Waals surface area contributed by atoms with Crippen LogP contribution < -0.4 is 0 Å². The van der Waals surface area contributed by atoms with Crippen LogP contribution in [0, 0.1) is 5.92 Å². The second-order valence-electron chi connectivity index (χ2n) is 2.79. The van der Waals surface area contributed by atoms with Gasteiger partial charge in [0.25, 0.3) is 0 Å². The van der Waals surface area contributed by atoms with Crippen LogP contribution in [0.25, 0.3) is 0 Å². The molecule has 1 saturated heterocycles. The molecule has 9 heavy (non-hydrogen) atoms. The van der Waals surface area contributed by atoms with Crippen molar-refractivity contribution in [1.82, 2.24) is 4.31 Å². The van der Waals surface area contributed by atoms with Crippen molar-refractivity contribution in [2.75, 3.05) is 19.3 Å². The van der Waals surface area contributed by atoms with Gasteiger partial charge in [-0.15, -0.1) is 0 Å². The molecule has 0 saturated carbocycles. The van der Waals surface area contributed by atoms with E-state index in [1.165, 1.54) is 25.9 Å². The monoisotopic (exact) mass is 145 g/mol. The third kappa shape index (κ3) is 2.18. The van der Waals surface area contributed by atoms with E-state index in [-0.39, 0.29) is 0 Å². The zero-order valence-electron chi connectivity index (χ0n) is 6.26. The summed E-state index contributed by atoms with van der Waals surface area (Å²) < 4.78 is 2.44. The number of piperidine rings is 1. The highest BCUT2D eigenvalue weighted by atomic mass is 32.2. The van der Waals surface area contributed by atoms with Gasteiger partial charge in [0, 0.05) is 13.1 Å². The second-order valence-corrected chi connectivity index (χ2v) is 3.68. The fraction of sp³-hybridized carbons (Fsp3) is 1.00. The molecule has 0 unspecified atom stereocenters. The van der Waals surface area contributed by atoms with Crippen molar-refractivity contribution in [3.05, 3.63) is 0 Å². The first-order valence-electron chi connectivity index (χ1n) is 3.62. The lowest BCUT2D eigenvalue weighted by Crippen LogP contribution is -2.26. The van der Waals surface area contributed by atoms with Crippen LogP contribution >= 0.6 is 11.9 Å². The maximum atomic E-state index is 2.44. The summed E-state index contributed by atoms with van der Waals surface area (Å²) in [6.07, 6.45) is 4.94. The standard InChI is InChI=1S/C7H15NS/c1-7-3-5-8(9-2)6-4-7/h7H,3-6H2,1-2H3. The van der Waals surface area contributed by atoms with Crippen LogP contribution in [-0.2, 0) is 0 Å². The van der Waals surface area contributed by atoms with Crippen LogP contribution in [0.5, 0.6) is 0 Å². The lowest BCUT2D eigenvalue weighted by atomic mass is 10.0. The van der Waals surface area contributed by atoms with Crippen LogP contribution in [0.1, 0.15) is 19.8 Å². The normalized spacial score (nSPS) is 24.7.